The van der Waals surface area contributed by atoms with Gasteiger partial charge in [0.15, 0.2) is 0 Å². The highest BCUT2D eigenvalue weighted by atomic mass is 15.2. The van der Waals surface area contributed by atoms with Gasteiger partial charge in [-0.25, -0.2) is 4.98 Å². The fourth-order valence-corrected chi connectivity index (χ4v) is 3.48. The van der Waals surface area contributed by atoms with Crippen LogP contribution in [0.4, 0.5) is 17.5 Å². The lowest BCUT2D eigenvalue weighted by molar-refractivity contribution is 0.444. The number of nitrogens with zero attached hydrogens (tertiary/aromatic N) is 3. The molecule has 1 aromatic carbocycles. The number of nitrogens with one attached hydrogen (secondary N) is 1. The van der Waals surface area contributed by atoms with Gasteiger partial charge in [-0.2, -0.15) is 4.98 Å². The van der Waals surface area contributed by atoms with Crippen LogP contribution in [0.15, 0.2) is 24.3 Å². The largest absolute Gasteiger partial charge is 0.356 e. The van der Waals surface area contributed by atoms with E-state index in [0.29, 0.717) is 5.95 Å². The molecule has 1 fully saturated rings. The fraction of sp³-hybridized carbons (Fsp3) is 0.500. The molecule has 0 saturated carbocycles. The Balaban J connectivity index is 1.89. The molecular formula is C20H28N4. The Morgan fingerprint density at radius 3 is 2.83 bits per heavy atom. The summed E-state index contributed by atoms with van der Waals surface area (Å²) < 4.78 is 0. The van der Waals surface area contributed by atoms with E-state index in [-0.39, 0.29) is 0 Å². The van der Waals surface area contributed by atoms with Gasteiger partial charge in [0, 0.05) is 30.5 Å². The molecule has 2 aromatic rings. The third kappa shape index (κ3) is 3.69. The number of hydrogen-bond acceptors (Lipinski definition) is 4. The molecule has 1 aliphatic rings. The van der Waals surface area contributed by atoms with Crippen LogP contribution in [0.25, 0.3) is 0 Å². The molecule has 3 rings (SSSR count). The van der Waals surface area contributed by atoms with Crippen LogP contribution in [0.3, 0.4) is 0 Å². The van der Waals surface area contributed by atoms with Crippen LogP contribution in [0.5, 0.6) is 0 Å². The number of aryl methyl sites for hydroxylation is 3. The molecule has 0 aliphatic carbocycles. The van der Waals surface area contributed by atoms with E-state index in [2.05, 4.69) is 60.2 Å². The summed E-state index contributed by atoms with van der Waals surface area (Å²) in [5, 5.41) is 3.47. The van der Waals surface area contributed by atoms with E-state index in [1.54, 1.807) is 0 Å². The molecule has 1 N–H and O–H groups in total. The maximum atomic E-state index is 4.81. The first kappa shape index (κ1) is 16.7. The summed E-state index contributed by atoms with van der Waals surface area (Å²) in [5.74, 6) is 2.48. The summed E-state index contributed by atoms with van der Waals surface area (Å²) in [6, 6.07) is 8.50. The average molecular weight is 324 g/mol. The standard InChI is InChI=1S/C20H28N4/c1-5-17-10-6-9-15(3)19(17)23-20-21-16(4)12-18(22-20)24-11-7-8-14(2)13-24/h6,9-10,12,14H,5,7-8,11,13H2,1-4H3,(H,21,22,23). The van der Waals surface area contributed by atoms with E-state index in [1.165, 1.54) is 24.0 Å². The monoisotopic (exact) mass is 324 g/mol. The van der Waals surface area contributed by atoms with Gasteiger partial charge in [-0.3, -0.25) is 0 Å². The average Bonchev–Trinajstić information content (AvgIpc) is 2.56. The molecule has 2 heterocycles. The molecule has 1 saturated heterocycles. The molecular weight excluding hydrogens is 296 g/mol. The Morgan fingerprint density at radius 1 is 1.25 bits per heavy atom. The van der Waals surface area contributed by atoms with E-state index >= 15 is 0 Å². The van der Waals surface area contributed by atoms with Crippen molar-refractivity contribution >= 4 is 17.5 Å². The first-order chi connectivity index (χ1) is 11.6. The van der Waals surface area contributed by atoms with Crippen molar-refractivity contribution in [2.45, 2.75) is 47.0 Å². The predicted octanol–water partition coefficient (Wildman–Crippen LogP) is 4.64. The summed E-state index contributed by atoms with van der Waals surface area (Å²) in [6.45, 7) is 10.8. The van der Waals surface area contributed by atoms with Crippen LogP contribution >= 0.6 is 0 Å². The number of rotatable bonds is 4. The molecule has 1 aromatic heterocycles. The number of hydrogen-bond donors (Lipinski definition) is 1. The van der Waals surface area contributed by atoms with Crippen LogP contribution in [0.1, 0.15) is 43.5 Å². The highest BCUT2D eigenvalue weighted by molar-refractivity contribution is 5.64. The van der Waals surface area contributed by atoms with Crippen molar-refractivity contribution in [3.63, 3.8) is 0 Å². The molecule has 128 valence electrons. The first-order valence-corrected chi connectivity index (χ1v) is 9.03. The van der Waals surface area contributed by atoms with Gasteiger partial charge in [0.1, 0.15) is 5.82 Å². The predicted molar refractivity (Wildman–Crippen MR) is 101 cm³/mol. The van der Waals surface area contributed by atoms with Gasteiger partial charge in [-0.1, -0.05) is 32.0 Å². The molecule has 1 unspecified atom stereocenters. The minimum Gasteiger partial charge on any atom is -0.356 e. The molecule has 0 radical (unpaired) electrons. The quantitative estimate of drug-likeness (QED) is 0.890. The zero-order chi connectivity index (χ0) is 17.1. The Hall–Kier alpha value is -2.10. The number of para-hydroxylation sites is 1. The lowest BCUT2D eigenvalue weighted by atomic mass is 10.0. The molecule has 0 spiro atoms. The number of piperidine rings is 1. The molecule has 1 aliphatic heterocycles. The van der Waals surface area contributed by atoms with Crippen molar-refractivity contribution in [2.75, 3.05) is 23.3 Å². The third-order valence-electron chi connectivity index (χ3n) is 4.80. The van der Waals surface area contributed by atoms with E-state index in [9.17, 15) is 0 Å². The second-order valence-corrected chi connectivity index (χ2v) is 6.97. The maximum absolute atomic E-state index is 4.81. The van der Waals surface area contributed by atoms with Gasteiger partial charge < -0.3 is 10.2 Å². The number of anilines is 3. The normalized spacial score (nSPS) is 17.8. The van der Waals surface area contributed by atoms with Crippen LogP contribution in [0, 0.1) is 19.8 Å². The summed E-state index contributed by atoms with van der Waals surface area (Å²) in [5.41, 5.74) is 4.68. The second-order valence-electron chi connectivity index (χ2n) is 6.97. The molecule has 1 atom stereocenters. The highest BCUT2D eigenvalue weighted by Gasteiger charge is 2.19. The summed E-state index contributed by atoms with van der Waals surface area (Å²) in [4.78, 5) is 11.8. The van der Waals surface area contributed by atoms with Crippen molar-refractivity contribution in [1.82, 2.24) is 9.97 Å². The van der Waals surface area contributed by atoms with Crippen molar-refractivity contribution in [3.8, 4) is 0 Å². The molecule has 4 heteroatoms. The van der Waals surface area contributed by atoms with E-state index in [0.717, 1.165) is 42.6 Å². The van der Waals surface area contributed by atoms with Crippen molar-refractivity contribution in [2.24, 2.45) is 5.92 Å². The lowest BCUT2D eigenvalue weighted by Gasteiger charge is -2.32. The van der Waals surface area contributed by atoms with E-state index in [1.807, 2.05) is 6.92 Å². The summed E-state index contributed by atoms with van der Waals surface area (Å²) in [6.07, 6.45) is 3.55. The van der Waals surface area contributed by atoms with Crippen molar-refractivity contribution in [1.29, 1.82) is 0 Å². The second kappa shape index (κ2) is 7.20. The van der Waals surface area contributed by atoms with Gasteiger partial charge in [0.2, 0.25) is 5.95 Å². The van der Waals surface area contributed by atoms with Crippen LogP contribution in [-0.2, 0) is 6.42 Å². The maximum Gasteiger partial charge on any atom is 0.229 e. The van der Waals surface area contributed by atoms with Gasteiger partial charge in [0.05, 0.1) is 0 Å². The minimum atomic E-state index is 0.701. The highest BCUT2D eigenvalue weighted by Crippen LogP contribution is 2.26. The van der Waals surface area contributed by atoms with E-state index in [4.69, 9.17) is 4.98 Å². The SMILES string of the molecule is CCc1cccc(C)c1Nc1nc(C)cc(N2CCCC(C)C2)n1. The third-order valence-corrected chi connectivity index (χ3v) is 4.80. The molecule has 4 nitrogen and oxygen atoms in total. The van der Waals surface area contributed by atoms with Gasteiger partial charge in [0.25, 0.3) is 0 Å². The zero-order valence-corrected chi connectivity index (χ0v) is 15.3. The van der Waals surface area contributed by atoms with Crippen molar-refractivity contribution < 1.29 is 0 Å². The molecule has 0 bridgehead atoms. The lowest BCUT2D eigenvalue weighted by Crippen LogP contribution is -2.35. The fourth-order valence-electron chi connectivity index (χ4n) is 3.48. The van der Waals surface area contributed by atoms with Crippen LogP contribution in [0.2, 0.25) is 0 Å². The smallest absolute Gasteiger partial charge is 0.229 e. The Bertz CT molecular complexity index is 711. The van der Waals surface area contributed by atoms with E-state index < -0.39 is 0 Å². The summed E-state index contributed by atoms with van der Waals surface area (Å²) in [7, 11) is 0. The molecule has 0 amide bonds. The topological polar surface area (TPSA) is 41.1 Å². The van der Waals surface area contributed by atoms with Gasteiger partial charge in [-0.05, 0) is 50.2 Å². The Morgan fingerprint density at radius 2 is 2.08 bits per heavy atom. The summed E-state index contributed by atoms with van der Waals surface area (Å²) >= 11 is 0. The van der Waals surface area contributed by atoms with Crippen molar-refractivity contribution in [3.05, 3.63) is 41.1 Å². The Kier molecular flexibility index (Phi) is 5.03. The van der Waals surface area contributed by atoms with Gasteiger partial charge >= 0.3 is 0 Å². The minimum absolute atomic E-state index is 0.701. The number of benzene rings is 1. The van der Waals surface area contributed by atoms with Crippen LogP contribution in [-0.4, -0.2) is 23.1 Å². The molecule has 24 heavy (non-hydrogen) atoms. The van der Waals surface area contributed by atoms with Gasteiger partial charge in [-0.15, -0.1) is 0 Å². The zero-order valence-electron chi connectivity index (χ0n) is 15.3. The van der Waals surface area contributed by atoms with Crippen LogP contribution < -0.4 is 10.2 Å². The number of aromatic nitrogens is 2. The Labute approximate surface area is 145 Å². The first-order valence-electron chi connectivity index (χ1n) is 9.03.